The minimum absolute atomic E-state index is 0.778. The smallest absolute Gasteiger partial charge is 0.142 e. The van der Waals surface area contributed by atoms with Crippen molar-refractivity contribution >= 4 is 28.8 Å². The van der Waals surface area contributed by atoms with Crippen LogP contribution < -0.4 is 4.90 Å². The minimum atomic E-state index is 0.778. The van der Waals surface area contributed by atoms with Crippen LogP contribution in [0.1, 0.15) is 5.56 Å². The number of anilines is 1. The fraction of sp³-hybridized carbons (Fsp3) is 0.118. The molecule has 0 saturated carbocycles. The molecule has 19 heavy (non-hydrogen) atoms. The van der Waals surface area contributed by atoms with E-state index < -0.39 is 0 Å². The van der Waals surface area contributed by atoms with Crippen LogP contribution in [0.3, 0.4) is 0 Å². The first-order valence-corrected chi connectivity index (χ1v) is 6.21. The molecule has 0 bridgehead atoms. The number of aldehydes is 1. The number of hydrogen-bond acceptors (Lipinski definition) is 2. The van der Waals surface area contributed by atoms with E-state index in [9.17, 15) is 4.79 Å². The molecule has 0 aliphatic heterocycles. The van der Waals surface area contributed by atoms with Gasteiger partial charge in [0.2, 0.25) is 0 Å². The quantitative estimate of drug-likeness (QED) is 0.469. The van der Waals surface area contributed by atoms with Crippen LogP contribution in [0.2, 0.25) is 0 Å². The average Bonchev–Trinajstić information content (AvgIpc) is 2.43. The molecule has 0 atom stereocenters. The molecule has 96 valence electrons. The molecule has 0 aliphatic carbocycles. The van der Waals surface area contributed by atoms with Crippen LogP contribution in [0.25, 0.3) is 16.8 Å². The highest BCUT2D eigenvalue weighted by atomic mass is 16.1. The Balaban J connectivity index is 2.58. The molecule has 0 heterocycles. The Bertz CT molecular complexity index is 639. The number of rotatable bonds is 4. The summed E-state index contributed by atoms with van der Waals surface area (Å²) < 4.78 is 0. The normalized spacial score (nSPS) is 11.5. The number of allylic oxidation sites excluding steroid dienone is 3. The van der Waals surface area contributed by atoms with Crippen molar-refractivity contribution in [3.63, 3.8) is 0 Å². The lowest BCUT2D eigenvalue weighted by molar-refractivity contribution is -0.104. The van der Waals surface area contributed by atoms with Crippen LogP contribution in [0.4, 0.5) is 5.69 Å². The summed E-state index contributed by atoms with van der Waals surface area (Å²) in [5, 5.41) is 2.43. The minimum Gasteiger partial charge on any atom is -0.377 e. The Kier molecular flexibility index (Phi) is 4.14. The second-order valence-corrected chi connectivity index (χ2v) is 4.49. The van der Waals surface area contributed by atoms with E-state index in [1.165, 1.54) is 22.4 Å². The van der Waals surface area contributed by atoms with Gasteiger partial charge in [0.1, 0.15) is 6.29 Å². The van der Waals surface area contributed by atoms with Crippen molar-refractivity contribution in [3.05, 3.63) is 60.2 Å². The predicted molar refractivity (Wildman–Crippen MR) is 82.5 cm³/mol. The van der Waals surface area contributed by atoms with E-state index in [0.29, 0.717) is 0 Å². The molecule has 0 amide bonds. The zero-order valence-electron chi connectivity index (χ0n) is 11.2. The van der Waals surface area contributed by atoms with E-state index in [-0.39, 0.29) is 0 Å². The van der Waals surface area contributed by atoms with E-state index >= 15 is 0 Å². The molecule has 0 aromatic heterocycles. The predicted octanol–water partition coefficient (Wildman–Crippen LogP) is 3.67. The molecule has 2 nitrogen and oxygen atoms in total. The summed E-state index contributed by atoms with van der Waals surface area (Å²) >= 11 is 0. The number of carbonyl (C=O) groups excluding carboxylic acids is 1. The van der Waals surface area contributed by atoms with E-state index in [1.807, 2.05) is 38.4 Å². The van der Waals surface area contributed by atoms with Crippen LogP contribution >= 0.6 is 0 Å². The molecule has 0 aliphatic rings. The van der Waals surface area contributed by atoms with Gasteiger partial charge in [-0.3, -0.25) is 4.79 Å². The van der Waals surface area contributed by atoms with E-state index in [1.54, 1.807) is 6.08 Å². The molecule has 2 aromatic rings. The fourth-order valence-corrected chi connectivity index (χ4v) is 2.11. The summed E-state index contributed by atoms with van der Waals surface area (Å²) in [7, 11) is 4.06. The van der Waals surface area contributed by atoms with Crippen LogP contribution in [0, 0.1) is 0 Å². The first-order valence-electron chi connectivity index (χ1n) is 6.21. The highest BCUT2D eigenvalue weighted by Gasteiger charge is 2.05. The summed E-state index contributed by atoms with van der Waals surface area (Å²) in [6.45, 7) is 0. The number of nitrogens with zero attached hydrogens (tertiary/aromatic N) is 1. The lowest BCUT2D eigenvalue weighted by Gasteiger charge is -2.17. The van der Waals surface area contributed by atoms with Crippen molar-refractivity contribution in [2.45, 2.75) is 0 Å². The molecule has 0 spiro atoms. The molecule has 2 aromatic carbocycles. The second-order valence-electron chi connectivity index (χ2n) is 4.49. The largest absolute Gasteiger partial charge is 0.377 e. The van der Waals surface area contributed by atoms with Crippen LogP contribution in [-0.4, -0.2) is 20.4 Å². The number of carbonyl (C=O) groups is 1. The summed E-state index contributed by atoms with van der Waals surface area (Å²) in [4.78, 5) is 12.4. The van der Waals surface area contributed by atoms with Crippen molar-refractivity contribution in [1.82, 2.24) is 0 Å². The lowest BCUT2D eigenvalue weighted by Crippen LogP contribution is -2.10. The van der Waals surface area contributed by atoms with E-state index in [2.05, 4.69) is 29.2 Å². The molecule has 0 radical (unpaired) electrons. The maximum atomic E-state index is 10.3. The van der Waals surface area contributed by atoms with Crippen LogP contribution in [0.5, 0.6) is 0 Å². The molecule has 0 N–H and O–H groups in total. The van der Waals surface area contributed by atoms with Crippen molar-refractivity contribution in [3.8, 4) is 0 Å². The van der Waals surface area contributed by atoms with Gasteiger partial charge in [-0.2, -0.15) is 0 Å². The van der Waals surface area contributed by atoms with Gasteiger partial charge in [-0.25, -0.2) is 0 Å². The monoisotopic (exact) mass is 251 g/mol. The van der Waals surface area contributed by atoms with E-state index in [0.717, 1.165) is 12.0 Å². The van der Waals surface area contributed by atoms with E-state index in [4.69, 9.17) is 0 Å². The zero-order chi connectivity index (χ0) is 13.7. The maximum absolute atomic E-state index is 10.3. The van der Waals surface area contributed by atoms with Gasteiger partial charge in [0.25, 0.3) is 0 Å². The molecule has 0 saturated heterocycles. The summed E-state index contributed by atoms with van der Waals surface area (Å²) in [5.74, 6) is 0. The Labute approximate surface area is 113 Å². The van der Waals surface area contributed by atoms with Gasteiger partial charge in [0, 0.05) is 25.3 Å². The van der Waals surface area contributed by atoms with Crippen LogP contribution in [-0.2, 0) is 4.79 Å². The Morgan fingerprint density at radius 3 is 2.47 bits per heavy atom. The first kappa shape index (κ1) is 13.1. The summed E-state index contributed by atoms with van der Waals surface area (Å²) in [6.07, 6.45) is 7.94. The fourth-order valence-electron chi connectivity index (χ4n) is 2.11. The lowest BCUT2D eigenvalue weighted by atomic mass is 10.0. The standard InChI is InChI=1S/C17H17NO/c1-18(2)17-12-11-14-8-5-6-9-15(14)16(17)10-4-3-7-13-19/h3-13H,1-2H3/b7-3+,10-4+. The van der Waals surface area contributed by atoms with Crippen molar-refractivity contribution in [1.29, 1.82) is 0 Å². The van der Waals surface area contributed by atoms with Gasteiger partial charge in [-0.05, 0) is 22.9 Å². The molecule has 2 rings (SSSR count). The van der Waals surface area contributed by atoms with Crippen molar-refractivity contribution < 1.29 is 4.79 Å². The molecular weight excluding hydrogens is 234 g/mol. The van der Waals surface area contributed by atoms with Gasteiger partial charge >= 0.3 is 0 Å². The molecule has 0 fully saturated rings. The van der Waals surface area contributed by atoms with Gasteiger partial charge in [0.05, 0.1) is 0 Å². The SMILES string of the molecule is CN(C)c1ccc2ccccc2c1/C=C/C=C/C=O. The average molecular weight is 251 g/mol. The second kappa shape index (κ2) is 6.01. The molecular formula is C17H17NO. The maximum Gasteiger partial charge on any atom is 0.142 e. The van der Waals surface area contributed by atoms with Crippen molar-refractivity contribution in [2.24, 2.45) is 0 Å². The van der Waals surface area contributed by atoms with Gasteiger partial charge < -0.3 is 4.90 Å². The summed E-state index contributed by atoms with van der Waals surface area (Å²) in [6, 6.07) is 12.5. The third-order valence-electron chi connectivity index (χ3n) is 2.99. The van der Waals surface area contributed by atoms with Crippen molar-refractivity contribution in [2.75, 3.05) is 19.0 Å². The number of fused-ring (bicyclic) bond motifs is 1. The molecule has 0 unspecified atom stereocenters. The Morgan fingerprint density at radius 1 is 0.947 bits per heavy atom. The van der Waals surface area contributed by atoms with Gasteiger partial charge in [-0.1, -0.05) is 48.6 Å². The van der Waals surface area contributed by atoms with Gasteiger partial charge in [-0.15, -0.1) is 0 Å². The first-order chi connectivity index (χ1) is 9.24. The van der Waals surface area contributed by atoms with Crippen LogP contribution in [0.15, 0.2) is 54.6 Å². The molecule has 2 heteroatoms. The number of benzene rings is 2. The Hall–Kier alpha value is -2.35. The zero-order valence-corrected chi connectivity index (χ0v) is 11.2. The third kappa shape index (κ3) is 2.91. The highest BCUT2D eigenvalue weighted by molar-refractivity contribution is 5.96. The highest BCUT2D eigenvalue weighted by Crippen LogP contribution is 2.29. The van der Waals surface area contributed by atoms with Gasteiger partial charge in [0.15, 0.2) is 0 Å². The topological polar surface area (TPSA) is 20.3 Å². The Morgan fingerprint density at radius 2 is 1.74 bits per heavy atom. The third-order valence-corrected chi connectivity index (χ3v) is 2.99. The number of hydrogen-bond donors (Lipinski definition) is 0. The summed E-state index contributed by atoms with van der Waals surface area (Å²) in [5.41, 5.74) is 2.33.